The van der Waals surface area contributed by atoms with Crippen LogP contribution in [0.15, 0.2) is 17.0 Å². The van der Waals surface area contributed by atoms with Gasteiger partial charge in [-0.05, 0) is 12.1 Å². The van der Waals surface area contributed by atoms with Crippen molar-refractivity contribution in [1.29, 1.82) is 0 Å². The van der Waals surface area contributed by atoms with E-state index in [0.717, 1.165) is 0 Å². The van der Waals surface area contributed by atoms with Crippen LogP contribution in [0.2, 0.25) is 0 Å². The minimum absolute atomic E-state index is 0.222. The molecule has 1 aromatic rings. The van der Waals surface area contributed by atoms with Crippen LogP contribution in [-0.4, -0.2) is 45.5 Å². The molecule has 0 spiro atoms. The number of primary sulfonamides is 1. The Morgan fingerprint density at radius 3 is 2.40 bits per heavy atom. The summed E-state index contributed by atoms with van der Waals surface area (Å²) in [5, 5.41) is 4.79. The van der Waals surface area contributed by atoms with Gasteiger partial charge in [0.15, 0.2) is 5.82 Å². The van der Waals surface area contributed by atoms with E-state index < -0.39 is 38.0 Å². The minimum Gasteiger partial charge on any atom is -0.378 e. The van der Waals surface area contributed by atoms with Crippen LogP contribution in [0.1, 0.15) is 10.4 Å². The van der Waals surface area contributed by atoms with Crippen molar-refractivity contribution in [3.8, 4) is 0 Å². The van der Waals surface area contributed by atoms with Crippen molar-refractivity contribution in [2.45, 2.75) is 4.90 Å². The Morgan fingerprint density at radius 1 is 1.25 bits per heavy atom. The number of carbonyl (C=O) groups excluding carboxylic acids is 1. The zero-order valence-electron chi connectivity index (χ0n) is 10.3. The highest BCUT2D eigenvalue weighted by Gasteiger charge is 2.27. The summed E-state index contributed by atoms with van der Waals surface area (Å²) in [4.78, 5) is 12.3. The smallest absolute Gasteiger partial charge is 0.257 e. The molecule has 0 atom stereocenters. The van der Waals surface area contributed by atoms with Gasteiger partial charge in [0.1, 0.15) is 10.7 Å². The second-order valence-corrected chi connectivity index (χ2v) is 5.74. The molecule has 1 aliphatic heterocycles. The molecule has 1 aliphatic rings. The quantitative estimate of drug-likeness (QED) is 0.838. The van der Waals surface area contributed by atoms with Gasteiger partial charge in [-0.25, -0.2) is 22.3 Å². The number of sulfonamides is 1. The molecule has 1 heterocycles. The number of hydrogen-bond donors (Lipinski definition) is 1. The Morgan fingerprint density at radius 2 is 1.85 bits per heavy atom. The molecule has 9 heteroatoms. The molecule has 1 fully saturated rings. The van der Waals surface area contributed by atoms with Crippen molar-refractivity contribution in [2.75, 3.05) is 26.3 Å². The van der Waals surface area contributed by atoms with Crippen LogP contribution in [0.5, 0.6) is 0 Å². The number of halogens is 2. The van der Waals surface area contributed by atoms with Crippen molar-refractivity contribution < 1.29 is 26.7 Å². The van der Waals surface area contributed by atoms with E-state index in [2.05, 4.69) is 0 Å². The fraction of sp³-hybridized carbons (Fsp3) is 0.364. The molecule has 0 saturated carbocycles. The Labute approximate surface area is 114 Å². The Balaban J connectivity index is 2.46. The highest BCUT2D eigenvalue weighted by Crippen LogP contribution is 2.21. The van der Waals surface area contributed by atoms with Crippen LogP contribution >= 0.6 is 0 Å². The van der Waals surface area contributed by atoms with E-state index in [-0.39, 0.29) is 26.3 Å². The van der Waals surface area contributed by atoms with E-state index in [0.29, 0.717) is 12.1 Å². The van der Waals surface area contributed by atoms with Crippen LogP contribution in [0.3, 0.4) is 0 Å². The lowest BCUT2D eigenvalue weighted by atomic mass is 10.1. The maximum atomic E-state index is 14.0. The van der Waals surface area contributed by atoms with Gasteiger partial charge >= 0.3 is 0 Å². The van der Waals surface area contributed by atoms with Crippen molar-refractivity contribution in [2.24, 2.45) is 5.14 Å². The third kappa shape index (κ3) is 2.94. The maximum Gasteiger partial charge on any atom is 0.257 e. The first-order valence-corrected chi connectivity index (χ1v) is 7.24. The first-order valence-electron chi connectivity index (χ1n) is 5.69. The van der Waals surface area contributed by atoms with E-state index in [9.17, 15) is 22.0 Å². The van der Waals surface area contributed by atoms with Crippen LogP contribution in [0, 0.1) is 11.6 Å². The molecule has 0 aromatic heterocycles. The molecule has 0 aliphatic carbocycles. The summed E-state index contributed by atoms with van der Waals surface area (Å²) >= 11 is 0. The number of rotatable bonds is 2. The summed E-state index contributed by atoms with van der Waals surface area (Å²) in [5.41, 5.74) is -0.657. The number of carbonyl (C=O) groups is 1. The summed E-state index contributed by atoms with van der Waals surface area (Å²) in [5.74, 6) is -3.19. The van der Waals surface area contributed by atoms with Gasteiger partial charge in [-0.15, -0.1) is 0 Å². The molecule has 2 rings (SSSR count). The number of nitrogens with zero attached hydrogens (tertiary/aromatic N) is 1. The van der Waals surface area contributed by atoms with Gasteiger partial charge in [-0.1, -0.05) is 0 Å². The van der Waals surface area contributed by atoms with Gasteiger partial charge in [-0.2, -0.15) is 0 Å². The number of nitrogens with two attached hydrogens (primary N) is 1. The highest BCUT2D eigenvalue weighted by atomic mass is 32.2. The lowest BCUT2D eigenvalue weighted by Gasteiger charge is -2.27. The molecule has 0 radical (unpaired) electrons. The van der Waals surface area contributed by atoms with Crippen LogP contribution in [-0.2, 0) is 14.8 Å². The fourth-order valence-electron chi connectivity index (χ4n) is 1.86. The van der Waals surface area contributed by atoms with Crippen LogP contribution in [0.25, 0.3) is 0 Å². The predicted octanol–water partition coefficient (Wildman–Crippen LogP) is 0.0846. The van der Waals surface area contributed by atoms with Gasteiger partial charge in [0.05, 0.1) is 18.8 Å². The zero-order valence-corrected chi connectivity index (χ0v) is 11.1. The summed E-state index contributed by atoms with van der Waals surface area (Å²) in [6.07, 6.45) is 0. The molecule has 110 valence electrons. The second kappa shape index (κ2) is 5.43. The molecular weight excluding hydrogens is 294 g/mol. The minimum atomic E-state index is -4.45. The summed E-state index contributed by atoms with van der Waals surface area (Å²) < 4.78 is 54.8. The number of amides is 1. The van der Waals surface area contributed by atoms with Crippen molar-refractivity contribution in [3.05, 3.63) is 29.3 Å². The summed E-state index contributed by atoms with van der Waals surface area (Å²) in [6.45, 7) is 1.01. The van der Waals surface area contributed by atoms with Crippen LogP contribution in [0.4, 0.5) is 8.78 Å². The first-order chi connectivity index (χ1) is 9.30. The molecule has 0 bridgehead atoms. The largest absolute Gasteiger partial charge is 0.378 e. The van der Waals surface area contributed by atoms with E-state index in [1.807, 2.05) is 0 Å². The maximum absolute atomic E-state index is 14.0. The van der Waals surface area contributed by atoms with E-state index in [1.165, 1.54) is 4.90 Å². The van der Waals surface area contributed by atoms with Gasteiger partial charge in [0, 0.05) is 13.1 Å². The standard InChI is InChI=1S/C11H12F2N2O4S/c12-7-5-8(10(13)9(6-7)20(14,17)18)11(16)15-1-3-19-4-2-15/h5-6H,1-4H2,(H2,14,17,18). The highest BCUT2D eigenvalue weighted by molar-refractivity contribution is 7.89. The molecule has 6 nitrogen and oxygen atoms in total. The zero-order chi connectivity index (χ0) is 14.9. The normalized spacial score (nSPS) is 16.2. The number of morpholine rings is 1. The first kappa shape index (κ1) is 14.8. The average Bonchev–Trinajstić information content (AvgIpc) is 2.40. The van der Waals surface area contributed by atoms with Gasteiger partial charge in [0.2, 0.25) is 10.0 Å². The molecule has 1 amide bonds. The third-order valence-electron chi connectivity index (χ3n) is 2.84. The van der Waals surface area contributed by atoms with Gasteiger partial charge in [-0.3, -0.25) is 4.79 Å². The molecule has 20 heavy (non-hydrogen) atoms. The molecule has 2 N–H and O–H groups in total. The summed E-state index contributed by atoms with van der Waals surface area (Å²) in [7, 11) is -4.45. The molecule has 1 saturated heterocycles. The SMILES string of the molecule is NS(=O)(=O)c1cc(F)cc(C(=O)N2CCOCC2)c1F. The average molecular weight is 306 g/mol. The number of hydrogen-bond acceptors (Lipinski definition) is 4. The number of benzene rings is 1. The van der Waals surface area contributed by atoms with E-state index in [1.54, 1.807) is 0 Å². The van der Waals surface area contributed by atoms with E-state index >= 15 is 0 Å². The second-order valence-electron chi connectivity index (χ2n) is 4.22. The van der Waals surface area contributed by atoms with Gasteiger partial charge in [0.25, 0.3) is 5.91 Å². The van der Waals surface area contributed by atoms with Crippen molar-refractivity contribution in [3.63, 3.8) is 0 Å². The summed E-state index contributed by atoms with van der Waals surface area (Å²) in [6, 6.07) is 1.10. The lowest BCUT2D eigenvalue weighted by molar-refractivity contribution is 0.0299. The Hall–Kier alpha value is -1.58. The third-order valence-corrected chi connectivity index (χ3v) is 3.75. The fourth-order valence-corrected chi connectivity index (χ4v) is 2.50. The Kier molecular flexibility index (Phi) is 4.02. The monoisotopic (exact) mass is 306 g/mol. The number of ether oxygens (including phenoxy) is 1. The van der Waals surface area contributed by atoms with E-state index in [4.69, 9.17) is 9.88 Å². The Bertz CT molecular complexity index is 642. The van der Waals surface area contributed by atoms with Crippen molar-refractivity contribution >= 4 is 15.9 Å². The predicted molar refractivity (Wildman–Crippen MR) is 64.5 cm³/mol. The molecule has 0 unspecified atom stereocenters. The van der Waals surface area contributed by atoms with Gasteiger partial charge < -0.3 is 9.64 Å². The lowest BCUT2D eigenvalue weighted by Crippen LogP contribution is -2.41. The topological polar surface area (TPSA) is 89.7 Å². The van der Waals surface area contributed by atoms with Crippen LogP contribution < -0.4 is 5.14 Å². The van der Waals surface area contributed by atoms with Crippen molar-refractivity contribution in [1.82, 2.24) is 4.90 Å². The molecule has 1 aromatic carbocycles. The molecular formula is C11H12F2N2O4S.